The largest absolute Gasteiger partial charge is 0.490 e. The number of primary amides is 1. The summed E-state index contributed by atoms with van der Waals surface area (Å²) in [6, 6.07) is 14.7. The lowest BCUT2D eigenvalue weighted by Gasteiger charge is -2.42. The molecule has 1 aliphatic rings. The van der Waals surface area contributed by atoms with Crippen LogP contribution in [-0.2, 0) is 9.53 Å². The van der Waals surface area contributed by atoms with E-state index in [1.807, 2.05) is 43.3 Å². The number of benzene rings is 2. The number of halogens is 1. The molecule has 0 aliphatic carbocycles. The fourth-order valence-corrected chi connectivity index (χ4v) is 3.99. The molecule has 0 spiro atoms. The fourth-order valence-electron chi connectivity index (χ4n) is 3.87. The van der Waals surface area contributed by atoms with Gasteiger partial charge in [0.2, 0.25) is 5.91 Å². The molecule has 1 aliphatic heterocycles. The second kappa shape index (κ2) is 9.14. The van der Waals surface area contributed by atoms with Gasteiger partial charge in [-0.05, 0) is 42.8 Å². The monoisotopic (exact) mass is 453 g/mol. The molecule has 8 heteroatoms. The van der Waals surface area contributed by atoms with E-state index in [2.05, 4.69) is 4.98 Å². The molecule has 2 amide bonds. The fraction of sp³-hybridized carbons (Fsp3) is 0.292. The van der Waals surface area contributed by atoms with Crippen LogP contribution in [0.15, 0.2) is 54.7 Å². The predicted molar refractivity (Wildman–Crippen MR) is 122 cm³/mol. The zero-order valence-corrected chi connectivity index (χ0v) is 18.5. The minimum Gasteiger partial charge on any atom is -0.490 e. The van der Waals surface area contributed by atoms with Crippen molar-refractivity contribution in [3.8, 4) is 5.75 Å². The maximum absolute atomic E-state index is 13.2. The first-order chi connectivity index (χ1) is 15.3. The summed E-state index contributed by atoms with van der Waals surface area (Å²) in [6.45, 7) is 2.78. The predicted octanol–water partition coefficient (Wildman–Crippen LogP) is 3.36. The molecule has 3 aromatic rings. The van der Waals surface area contributed by atoms with Gasteiger partial charge in [-0.15, -0.1) is 0 Å². The Labute approximate surface area is 191 Å². The number of nitrogens with zero attached hydrogens (tertiary/aromatic N) is 2. The van der Waals surface area contributed by atoms with Crippen LogP contribution in [0.25, 0.3) is 10.9 Å². The Balaban J connectivity index is 1.54. The SMILES string of the molecule is Cc1cc(OCC2(CC(N)=O)CN(C(=O)c3cnc4ccccc4c3)CCO2)ccc1Cl. The van der Waals surface area contributed by atoms with Crippen LogP contribution >= 0.6 is 11.6 Å². The van der Waals surface area contributed by atoms with Crippen molar-refractivity contribution in [2.45, 2.75) is 18.9 Å². The summed E-state index contributed by atoms with van der Waals surface area (Å²) >= 11 is 6.08. The zero-order valence-electron chi connectivity index (χ0n) is 17.7. The Morgan fingerprint density at radius 2 is 2.06 bits per heavy atom. The van der Waals surface area contributed by atoms with Crippen LogP contribution in [0.3, 0.4) is 0 Å². The van der Waals surface area contributed by atoms with E-state index in [4.69, 9.17) is 26.8 Å². The molecule has 1 aromatic heterocycles. The van der Waals surface area contributed by atoms with Gasteiger partial charge in [0.05, 0.1) is 30.7 Å². The number of pyridine rings is 1. The number of hydrogen-bond donors (Lipinski definition) is 1. The number of ether oxygens (including phenoxy) is 2. The highest BCUT2D eigenvalue weighted by atomic mass is 35.5. The highest BCUT2D eigenvalue weighted by molar-refractivity contribution is 6.31. The molecule has 2 N–H and O–H groups in total. The zero-order chi connectivity index (χ0) is 22.7. The third-order valence-corrected chi connectivity index (χ3v) is 5.92. The Kier molecular flexibility index (Phi) is 6.30. The van der Waals surface area contributed by atoms with E-state index >= 15 is 0 Å². The molecule has 1 saturated heterocycles. The van der Waals surface area contributed by atoms with E-state index in [9.17, 15) is 9.59 Å². The van der Waals surface area contributed by atoms with Gasteiger partial charge in [-0.25, -0.2) is 0 Å². The summed E-state index contributed by atoms with van der Waals surface area (Å²) in [5.41, 5.74) is 6.64. The highest BCUT2D eigenvalue weighted by Crippen LogP contribution is 2.27. The number of aryl methyl sites for hydroxylation is 1. The Bertz CT molecular complexity index is 1170. The van der Waals surface area contributed by atoms with E-state index in [0.29, 0.717) is 22.9 Å². The summed E-state index contributed by atoms with van der Waals surface area (Å²) in [7, 11) is 0. The molecule has 1 unspecified atom stereocenters. The van der Waals surface area contributed by atoms with Gasteiger partial charge in [-0.1, -0.05) is 29.8 Å². The van der Waals surface area contributed by atoms with Crippen molar-refractivity contribution >= 4 is 34.3 Å². The first-order valence-corrected chi connectivity index (χ1v) is 10.7. The topological polar surface area (TPSA) is 94.8 Å². The summed E-state index contributed by atoms with van der Waals surface area (Å²) in [5.74, 6) is -0.105. The first-order valence-electron chi connectivity index (χ1n) is 10.3. The van der Waals surface area contributed by atoms with Crippen LogP contribution in [0.5, 0.6) is 5.75 Å². The third kappa shape index (κ3) is 4.84. The van der Waals surface area contributed by atoms with E-state index in [-0.39, 0.29) is 32.1 Å². The second-order valence-electron chi connectivity index (χ2n) is 8.02. The normalized spacial score (nSPS) is 18.5. The minimum absolute atomic E-state index is 0.0662. The molecule has 1 atom stereocenters. The lowest BCUT2D eigenvalue weighted by Crippen LogP contribution is -2.58. The molecule has 7 nitrogen and oxygen atoms in total. The quantitative estimate of drug-likeness (QED) is 0.617. The van der Waals surface area contributed by atoms with Gasteiger partial charge >= 0.3 is 0 Å². The van der Waals surface area contributed by atoms with Crippen molar-refractivity contribution in [3.05, 3.63) is 70.9 Å². The lowest BCUT2D eigenvalue weighted by molar-refractivity contribution is -0.142. The van der Waals surface area contributed by atoms with Crippen LogP contribution in [0.2, 0.25) is 5.02 Å². The number of aromatic nitrogens is 1. The van der Waals surface area contributed by atoms with Crippen LogP contribution in [0.1, 0.15) is 22.3 Å². The van der Waals surface area contributed by atoms with Gasteiger partial charge in [0, 0.05) is 23.2 Å². The maximum atomic E-state index is 13.2. The number of morpholine rings is 1. The van der Waals surface area contributed by atoms with Gasteiger partial charge in [-0.3, -0.25) is 14.6 Å². The summed E-state index contributed by atoms with van der Waals surface area (Å²) in [4.78, 5) is 31.1. The number of rotatable bonds is 6. The van der Waals surface area contributed by atoms with E-state index in [0.717, 1.165) is 16.5 Å². The Morgan fingerprint density at radius 3 is 2.84 bits per heavy atom. The maximum Gasteiger partial charge on any atom is 0.255 e. The summed E-state index contributed by atoms with van der Waals surface area (Å²) < 4.78 is 11.9. The van der Waals surface area contributed by atoms with Gasteiger partial charge < -0.3 is 20.1 Å². The number of fused-ring (bicyclic) bond motifs is 1. The molecule has 2 heterocycles. The standard InChI is InChI=1S/C24H24ClN3O4/c1-16-10-19(6-7-20(16)25)31-15-24(12-22(26)29)14-28(8-9-32-24)23(30)18-11-17-4-2-3-5-21(17)27-13-18/h2-7,10-11,13H,8-9,12,14-15H2,1H3,(H2,26,29). The van der Waals surface area contributed by atoms with Crippen LogP contribution in [-0.4, -0.2) is 53.6 Å². The molecule has 2 aromatic carbocycles. The number of carbonyl (C=O) groups is 2. The van der Waals surface area contributed by atoms with E-state index < -0.39 is 11.5 Å². The number of nitrogens with two attached hydrogens (primary N) is 1. The number of hydrogen-bond acceptors (Lipinski definition) is 5. The van der Waals surface area contributed by atoms with Crippen molar-refractivity contribution in [3.63, 3.8) is 0 Å². The Hall–Kier alpha value is -3.16. The summed E-state index contributed by atoms with van der Waals surface area (Å²) in [6.07, 6.45) is 1.50. The second-order valence-corrected chi connectivity index (χ2v) is 8.42. The highest BCUT2D eigenvalue weighted by Gasteiger charge is 2.41. The molecular formula is C24H24ClN3O4. The average molecular weight is 454 g/mol. The van der Waals surface area contributed by atoms with E-state index in [1.165, 1.54) is 0 Å². The molecule has 1 fully saturated rings. The van der Waals surface area contributed by atoms with Crippen LogP contribution in [0.4, 0.5) is 0 Å². The minimum atomic E-state index is -1.04. The number of amides is 2. The van der Waals surface area contributed by atoms with Crippen molar-refractivity contribution in [2.75, 3.05) is 26.3 Å². The van der Waals surface area contributed by atoms with Crippen molar-refractivity contribution in [2.24, 2.45) is 5.73 Å². The molecule has 0 radical (unpaired) electrons. The van der Waals surface area contributed by atoms with Gasteiger partial charge in [0.1, 0.15) is 18.0 Å². The summed E-state index contributed by atoms with van der Waals surface area (Å²) in [5, 5.41) is 1.52. The van der Waals surface area contributed by atoms with Gasteiger partial charge in [0.15, 0.2) is 0 Å². The van der Waals surface area contributed by atoms with Crippen molar-refractivity contribution < 1.29 is 19.1 Å². The van der Waals surface area contributed by atoms with Gasteiger partial charge in [0.25, 0.3) is 5.91 Å². The molecule has 0 bridgehead atoms. The molecule has 4 rings (SSSR count). The lowest BCUT2D eigenvalue weighted by atomic mass is 9.97. The number of para-hydroxylation sites is 1. The molecular weight excluding hydrogens is 430 g/mol. The van der Waals surface area contributed by atoms with Crippen molar-refractivity contribution in [1.82, 2.24) is 9.88 Å². The molecule has 32 heavy (non-hydrogen) atoms. The Morgan fingerprint density at radius 1 is 1.25 bits per heavy atom. The van der Waals surface area contributed by atoms with Gasteiger partial charge in [-0.2, -0.15) is 0 Å². The third-order valence-electron chi connectivity index (χ3n) is 5.50. The van der Waals surface area contributed by atoms with Crippen molar-refractivity contribution in [1.29, 1.82) is 0 Å². The molecule has 0 saturated carbocycles. The average Bonchev–Trinajstić information content (AvgIpc) is 2.79. The number of carbonyl (C=O) groups excluding carboxylic acids is 2. The van der Waals surface area contributed by atoms with Crippen LogP contribution < -0.4 is 10.5 Å². The first kappa shape index (κ1) is 22.0. The molecule has 166 valence electrons. The van der Waals surface area contributed by atoms with Crippen LogP contribution in [0, 0.1) is 6.92 Å². The smallest absolute Gasteiger partial charge is 0.255 e. The van der Waals surface area contributed by atoms with E-state index in [1.54, 1.807) is 23.2 Å².